The SMILES string of the molecule is O=S(=O)(c1ccc2c(c1)OCCO2)N1CCO[C@H](c2nc(-c3ccccc3)no2)C1. The van der Waals surface area contributed by atoms with Gasteiger partial charge in [-0.15, -0.1) is 0 Å². The van der Waals surface area contributed by atoms with Gasteiger partial charge in [-0.2, -0.15) is 9.29 Å². The average Bonchev–Trinajstić information content (AvgIpc) is 3.30. The predicted octanol–water partition coefficient (Wildman–Crippen LogP) is 2.27. The molecular weight excluding hydrogens is 410 g/mol. The average molecular weight is 429 g/mol. The maximum absolute atomic E-state index is 13.2. The third-order valence-corrected chi connectivity index (χ3v) is 6.79. The molecule has 5 rings (SSSR count). The highest BCUT2D eigenvalue weighted by Crippen LogP contribution is 2.34. The van der Waals surface area contributed by atoms with Gasteiger partial charge in [0.2, 0.25) is 15.8 Å². The Bertz CT molecular complexity index is 1150. The molecule has 1 atom stereocenters. The van der Waals surface area contributed by atoms with E-state index in [9.17, 15) is 8.42 Å². The topological polar surface area (TPSA) is 104 Å². The number of nitrogens with zero attached hydrogens (tertiary/aromatic N) is 3. The van der Waals surface area contributed by atoms with Gasteiger partial charge in [0, 0.05) is 24.7 Å². The van der Waals surface area contributed by atoms with E-state index in [1.54, 1.807) is 6.07 Å². The molecule has 1 saturated heterocycles. The van der Waals surface area contributed by atoms with Crippen LogP contribution in [0.25, 0.3) is 11.4 Å². The summed E-state index contributed by atoms with van der Waals surface area (Å²) in [6.07, 6.45) is -0.643. The maximum Gasteiger partial charge on any atom is 0.257 e. The van der Waals surface area contributed by atoms with Crippen LogP contribution < -0.4 is 9.47 Å². The van der Waals surface area contributed by atoms with Crippen LogP contribution in [0.2, 0.25) is 0 Å². The number of benzene rings is 2. The minimum atomic E-state index is -3.75. The van der Waals surface area contributed by atoms with Crippen molar-refractivity contribution in [1.82, 2.24) is 14.4 Å². The van der Waals surface area contributed by atoms with Crippen LogP contribution >= 0.6 is 0 Å². The maximum atomic E-state index is 13.2. The standard InChI is InChI=1S/C20H19N3O6S/c24-30(25,15-6-7-16-17(12-15)28-11-10-27-16)23-8-9-26-18(13-23)20-21-19(22-29-20)14-4-2-1-3-5-14/h1-7,12,18H,8-11,13H2/t18-/m0/s1. The van der Waals surface area contributed by atoms with E-state index < -0.39 is 16.1 Å². The second-order valence-electron chi connectivity index (χ2n) is 6.85. The zero-order valence-corrected chi connectivity index (χ0v) is 16.7. The van der Waals surface area contributed by atoms with E-state index in [-0.39, 0.29) is 30.5 Å². The highest BCUT2D eigenvalue weighted by molar-refractivity contribution is 7.89. The van der Waals surface area contributed by atoms with E-state index in [1.165, 1.54) is 16.4 Å². The minimum Gasteiger partial charge on any atom is -0.486 e. The zero-order chi connectivity index (χ0) is 20.6. The molecule has 2 aliphatic rings. The van der Waals surface area contributed by atoms with Gasteiger partial charge >= 0.3 is 0 Å². The summed E-state index contributed by atoms with van der Waals surface area (Å²) in [4.78, 5) is 4.53. The van der Waals surface area contributed by atoms with Crippen molar-refractivity contribution in [3.63, 3.8) is 0 Å². The molecule has 0 aliphatic carbocycles. The van der Waals surface area contributed by atoms with Crippen LogP contribution in [0.4, 0.5) is 0 Å². The lowest BCUT2D eigenvalue weighted by atomic mass is 10.2. The lowest BCUT2D eigenvalue weighted by Gasteiger charge is -2.30. The first-order chi connectivity index (χ1) is 14.6. The van der Waals surface area contributed by atoms with Crippen molar-refractivity contribution < 1.29 is 27.2 Å². The molecule has 3 heterocycles. The Morgan fingerprint density at radius 2 is 1.77 bits per heavy atom. The van der Waals surface area contributed by atoms with Crippen LogP contribution in [-0.4, -0.2) is 55.8 Å². The largest absolute Gasteiger partial charge is 0.486 e. The number of ether oxygens (including phenoxy) is 3. The second kappa shape index (κ2) is 7.71. The number of sulfonamides is 1. The molecule has 1 fully saturated rings. The number of morpholine rings is 1. The lowest BCUT2D eigenvalue weighted by Crippen LogP contribution is -2.42. The van der Waals surface area contributed by atoms with Crippen molar-refractivity contribution in [1.29, 1.82) is 0 Å². The summed E-state index contributed by atoms with van der Waals surface area (Å²) in [6, 6.07) is 14.0. The number of hydrogen-bond donors (Lipinski definition) is 0. The Hall–Kier alpha value is -2.95. The fraction of sp³-hybridized carbons (Fsp3) is 0.300. The molecule has 10 heteroatoms. The van der Waals surface area contributed by atoms with E-state index in [0.29, 0.717) is 30.5 Å². The molecule has 2 aliphatic heterocycles. The van der Waals surface area contributed by atoms with Crippen molar-refractivity contribution in [3.8, 4) is 22.9 Å². The third kappa shape index (κ3) is 3.53. The van der Waals surface area contributed by atoms with Gasteiger partial charge in [0.1, 0.15) is 13.2 Å². The molecule has 0 spiro atoms. The quantitative estimate of drug-likeness (QED) is 0.622. The number of hydrogen-bond acceptors (Lipinski definition) is 8. The van der Waals surface area contributed by atoms with Gasteiger partial charge < -0.3 is 18.7 Å². The fourth-order valence-corrected chi connectivity index (χ4v) is 4.84. The summed E-state index contributed by atoms with van der Waals surface area (Å²) >= 11 is 0. The van der Waals surface area contributed by atoms with E-state index in [4.69, 9.17) is 18.7 Å². The van der Waals surface area contributed by atoms with Gasteiger partial charge in [-0.1, -0.05) is 35.5 Å². The third-order valence-electron chi connectivity index (χ3n) is 4.93. The van der Waals surface area contributed by atoms with Crippen molar-refractivity contribution in [2.75, 3.05) is 32.9 Å². The van der Waals surface area contributed by atoms with E-state index in [0.717, 1.165) is 5.56 Å². The molecule has 0 radical (unpaired) electrons. The van der Waals surface area contributed by atoms with E-state index in [2.05, 4.69) is 10.1 Å². The smallest absolute Gasteiger partial charge is 0.257 e. The highest BCUT2D eigenvalue weighted by atomic mass is 32.2. The van der Waals surface area contributed by atoms with Gasteiger partial charge in [-0.3, -0.25) is 0 Å². The molecule has 9 nitrogen and oxygen atoms in total. The number of fused-ring (bicyclic) bond motifs is 1. The predicted molar refractivity (Wildman–Crippen MR) is 105 cm³/mol. The Morgan fingerprint density at radius 3 is 2.60 bits per heavy atom. The second-order valence-corrected chi connectivity index (χ2v) is 8.79. The van der Waals surface area contributed by atoms with Crippen molar-refractivity contribution in [2.24, 2.45) is 0 Å². The summed E-state index contributed by atoms with van der Waals surface area (Å²) in [5.74, 6) is 1.65. The van der Waals surface area contributed by atoms with Gasteiger partial charge in [-0.05, 0) is 12.1 Å². The molecule has 0 amide bonds. The van der Waals surface area contributed by atoms with Crippen molar-refractivity contribution in [2.45, 2.75) is 11.0 Å². The fourth-order valence-electron chi connectivity index (χ4n) is 3.40. The first-order valence-electron chi connectivity index (χ1n) is 9.52. The van der Waals surface area contributed by atoms with Crippen LogP contribution in [0, 0.1) is 0 Å². The molecule has 1 aromatic heterocycles. The first-order valence-corrected chi connectivity index (χ1v) is 11.0. The molecule has 3 aromatic rings. The van der Waals surface area contributed by atoms with Crippen molar-refractivity contribution in [3.05, 3.63) is 54.4 Å². The Balaban J connectivity index is 1.37. The molecule has 0 unspecified atom stereocenters. The molecule has 156 valence electrons. The molecule has 0 bridgehead atoms. The lowest BCUT2D eigenvalue weighted by molar-refractivity contribution is -0.0199. The Kier molecular flexibility index (Phi) is 4.89. The summed E-state index contributed by atoms with van der Waals surface area (Å²) in [7, 11) is -3.75. The van der Waals surface area contributed by atoms with E-state index >= 15 is 0 Å². The van der Waals surface area contributed by atoms with Crippen LogP contribution in [0.15, 0.2) is 57.9 Å². The van der Waals surface area contributed by atoms with Crippen LogP contribution in [-0.2, 0) is 14.8 Å². The first kappa shape index (κ1) is 19.0. The normalized spacial score (nSPS) is 19.5. The van der Waals surface area contributed by atoms with Crippen LogP contribution in [0.1, 0.15) is 12.0 Å². The van der Waals surface area contributed by atoms with Gasteiger partial charge in [0.15, 0.2) is 17.6 Å². The molecular formula is C20H19N3O6S. The van der Waals surface area contributed by atoms with Crippen LogP contribution in [0.3, 0.4) is 0 Å². The summed E-state index contributed by atoms with van der Waals surface area (Å²) < 4.78 is 49.8. The Morgan fingerprint density at radius 1 is 0.967 bits per heavy atom. The van der Waals surface area contributed by atoms with E-state index in [1.807, 2.05) is 30.3 Å². The number of aromatic nitrogens is 2. The number of rotatable bonds is 4. The van der Waals surface area contributed by atoms with Gasteiger partial charge in [0.05, 0.1) is 11.5 Å². The molecule has 30 heavy (non-hydrogen) atoms. The molecule has 2 aromatic carbocycles. The molecule has 0 N–H and O–H groups in total. The van der Waals surface area contributed by atoms with Gasteiger partial charge in [0.25, 0.3) is 5.89 Å². The zero-order valence-electron chi connectivity index (χ0n) is 15.9. The Labute approximate surface area is 173 Å². The highest BCUT2D eigenvalue weighted by Gasteiger charge is 2.35. The summed E-state index contributed by atoms with van der Waals surface area (Å²) in [6.45, 7) is 1.36. The summed E-state index contributed by atoms with van der Waals surface area (Å²) in [5, 5.41) is 3.99. The molecule has 0 saturated carbocycles. The minimum absolute atomic E-state index is 0.0766. The summed E-state index contributed by atoms with van der Waals surface area (Å²) in [5.41, 5.74) is 0.809. The van der Waals surface area contributed by atoms with Crippen molar-refractivity contribution >= 4 is 10.0 Å². The monoisotopic (exact) mass is 429 g/mol. The van der Waals surface area contributed by atoms with Crippen LogP contribution in [0.5, 0.6) is 11.5 Å². The van der Waals surface area contributed by atoms with Gasteiger partial charge in [-0.25, -0.2) is 8.42 Å².